The predicted octanol–water partition coefficient (Wildman–Crippen LogP) is 3.82. The summed E-state index contributed by atoms with van der Waals surface area (Å²) in [6.07, 6.45) is 1.83. The molecule has 2 aromatic rings. The molecule has 1 fully saturated rings. The lowest BCUT2D eigenvalue weighted by Crippen LogP contribution is -2.41. The number of rotatable bonds is 3. The van der Waals surface area contributed by atoms with Gasteiger partial charge in [-0.3, -0.25) is 4.79 Å². The molecule has 113 valence electrons. The predicted molar refractivity (Wildman–Crippen MR) is 86.3 cm³/mol. The van der Waals surface area contributed by atoms with Crippen LogP contribution in [0, 0.1) is 6.07 Å². The molecule has 0 saturated carbocycles. The molecule has 1 heterocycles. The third kappa shape index (κ3) is 3.60. The van der Waals surface area contributed by atoms with E-state index in [0.29, 0.717) is 5.02 Å². The molecular formula is C18H17ClNO2. The van der Waals surface area contributed by atoms with E-state index in [0.717, 1.165) is 37.2 Å². The maximum absolute atomic E-state index is 12.4. The van der Waals surface area contributed by atoms with Crippen molar-refractivity contribution in [3.63, 3.8) is 0 Å². The zero-order valence-electron chi connectivity index (χ0n) is 12.2. The van der Waals surface area contributed by atoms with Crippen molar-refractivity contribution in [3.8, 4) is 5.75 Å². The smallest absolute Gasteiger partial charge is 0.253 e. The number of carbonyl (C=O) groups excluding carboxylic acids is 1. The molecule has 0 N–H and O–H groups in total. The van der Waals surface area contributed by atoms with Crippen LogP contribution in [0.5, 0.6) is 5.75 Å². The van der Waals surface area contributed by atoms with Crippen LogP contribution in [-0.4, -0.2) is 30.0 Å². The lowest BCUT2D eigenvalue weighted by atomic mass is 10.1. The van der Waals surface area contributed by atoms with E-state index in [4.69, 9.17) is 16.3 Å². The van der Waals surface area contributed by atoms with Gasteiger partial charge in [-0.1, -0.05) is 23.7 Å². The fourth-order valence-electron chi connectivity index (χ4n) is 2.59. The van der Waals surface area contributed by atoms with Gasteiger partial charge in [0.1, 0.15) is 11.9 Å². The van der Waals surface area contributed by atoms with Gasteiger partial charge in [-0.2, -0.15) is 0 Å². The standard InChI is InChI=1S/C18H17ClNO2/c19-15-6-8-16(9-7-15)22-17-10-12-20(13-11-17)18(21)14-4-2-1-3-5-14/h2-9,17H,10-13H2. The van der Waals surface area contributed by atoms with Gasteiger partial charge < -0.3 is 9.64 Å². The highest BCUT2D eigenvalue weighted by Gasteiger charge is 2.24. The summed E-state index contributed by atoms with van der Waals surface area (Å²) in [5.41, 5.74) is 0.718. The Morgan fingerprint density at radius 3 is 2.36 bits per heavy atom. The molecule has 4 heteroatoms. The van der Waals surface area contributed by atoms with E-state index in [-0.39, 0.29) is 12.0 Å². The van der Waals surface area contributed by atoms with Crippen LogP contribution in [0.2, 0.25) is 5.02 Å². The monoisotopic (exact) mass is 314 g/mol. The highest BCUT2D eigenvalue weighted by Crippen LogP contribution is 2.21. The zero-order valence-corrected chi connectivity index (χ0v) is 12.9. The van der Waals surface area contributed by atoms with Gasteiger partial charge in [0.25, 0.3) is 5.91 Å². The van der Waals surface area contributed by atoms with Gasteiger partial charge in [-0.15, -0.1) is 0 Å². The van der Waals surface area contributed by atoms with Crippen LogP contribution in [0.3, 0.4) is 0 Å². The maximum atomic E-state index is 12.4. The highest BCUT2D eigenvalue weighted by molar-refractivity contribution is 6.30. The number of ether oxygens (including phenoxy) is 1. The molecule has 1 aliphatic heterocycles. The van der Waals surface area contributed by atoms with Gasteiger partial charge in [0.05, 0.1) is 0 Å². The van der Waals surface area contributed by atoms with E-state index < -0.39 is 0 Å². The summed E-state index contributed by atoms with van der Waals surface area (Å²) in [6.45, 7) is 1.44. The fourth-order valence-corrected chi connectivity index (χ4v) is 2.72. The van der Waals surface area contributed by atoms with Crippen LogP contribution in [0.15, 0.2) is 48.5 Å². The number of likely N-dealkylation sites (tertiary alicyclic amines) is 1. The summed E-state index contributed by atoms with van der Waals surface area (Å²) >= 11 is 5.86. The average molecular weight is 315 g/mol. The van der Waals surface area contributed by atoms with Crippen molar-refractivity contribution in [1.82, 2.24) is 4.90 Å². The second-order valence-electron chi connectivity index (χ2n) is 5.35. The minimum atomic E-state index is 0.0824. The van der Waals surface area contributed by atoms with Gasteiger partial charge in [-0.25, -0.2) is 0 Å². The summed E-state index contributed by atoms with van der Waals surface area (Å²) < 4.78 is 5.94. The Balaban J connectivity index is 1.54. The Kier molecular flexibility index (Phi) is 4.64. The van der Waals surface area contributed by atoms with Gasteiger partial charge in [0, 0.05) is 36.5 Å². The molecule has 0 bridgehead atoms. The Labute approximate surface area is 135 Å². The molecule has 1 aliphatic rings. The van der Waals surface area contributed by atoms with Crippen LogP contribution < -0.4 is 4.74 Å². The Morgan fingerprint density at radius 2 is 1.73 bits per heavy atom. The lowest BCUT2D eigenvalue weighted by Gasteiger charge is -2.32. The molecule has 1 amide bonds. The molecule has 1 radical (unpaired) electrons. The second-order valence-corrected chi connectivity index (χ2v) is 5.79. The first-order chi connectivity index (χ1) is 10.7. The number of benzene rings is 2. The summed E-state index contributed by atoms with van der Waals surface area (Å²) in [5.74, 6) is 0.909. The summed E-state index contributed by atoms with van der Waals surface area (Å²) in [5, 5.41) is 0.702. The summed E-state index contributed by atoms with van der Waals surface area (Å²) in [6, 6.07) is 17.5. The average Bonchev–Trinajstić information content (AvgIpc) is 2.58. The maximum Gasteiger partial charge on any atom is 0.253 e. The van der Waals surface area contributed by atoms with Crippen molar-refractivity contribution in [1.29, 1.82) is 0 Å². The van der Waals surface area contributed by atoms with Crippen molar-refractivity contribution in [2.24, 2.45) is 0 Å². The van der Waals surface area contributed by atoms with E-state index in [2.05, 4.69) is 6.07 Å². The topological polar surface area (TPSA) is 29.5 Å². The second kappa shape index (κ2) is 6.84. The molecule has 0 unspecified atom stereocenters. The molecule has 2 aromatic carbocycles. The van der Waals surface area contributed by atoms with Crippen molar-refractivity contribution in [3.05, 3.63) is 65.2 Å². The van der Waals surface area contributed by atoms with Crippen LogP contribution in [0.4, 0.5) is 0 Å². The van der Waals surface area contributed by atoms with E-state index in [9.17, 15) is 4.79 Å². The zero-order chi connectivity index (χ0) is 15.4. The number of nitrogens with zero attached hydrogens (tertiary/aromatic N) is 1. The minimum absolute atomic E-state index is 0.0824. The summed E-state index contributed by atoms with van der Waals surface area (Å²) in [4.78, 5) is 14.2. The molecule has 0 atom stereocenters. The van der Waals surface area contributed by atoms with Crippen molar-refractivity contribution in [2.75, 3.05) is 13.1 Å². The molecule has 3 rings (SSSR count). The van der Waals surface area contributed by atoms with E-state index in [1.54, 1.807) is 24.3 Å². The number of carbonyl (C=O) groups is 1. The molecule has 0 aliphatic carbocycles. The lowest BCUT2D eigenvalue weighted by molar-refractivity contribution is 0.0595. The Bertz CT molecular complexity index is 619. The molecule has 0 spiro atoms. The SMILES string of the molecule is O=C(c1cc[c]cc1)N1CCC(Oc2ccc(Cl)cc2)CC1. The Morgan fingerprint density at radius 1 is 1.09 bits per heavy atom. The van der Waals surface area contributed by atoms with Crippen molar-refractivity contribution >= 4 is 17.5 Å². The number of hydrogen-bond donors (Lipinski definition) is 0. The van der Waals surface area contributed by atoms with E-state index in [1.807, 2.05) is 29.2 Å². The number of piperidine rings is 1. The number of halogens is 1. The number of hydrogen-bond acceptors (Lipinski definition) is 2. The van der Waals surface area contributed by atoms with E-state index >= 15 is 0 Å². The largest absolute Gasteiger partial charge is 0.490 e. The third-order valence-corrected chi connectivity index (χ3v) is 4.06. The van der Waals surface area contributed by atoms with Crippen molar-refractivity contribution in [2.45, 2.75) is 18.9 Å². The van der Waals surface area contributed by atoms with Crippen LogP contribution in [-0.2, 0) is 0 Å². The normalized spacial score (nSPS) is 15.6. The first kappa shape index (κ1) is 14.9. The first-order valence-corrected chi connectivity index (χ1v) is 7.78. The molecule has 0 aromatic heterocycles. The van der Waals surface area contributed by atoms with Gasteiger partial charge in [0.15, 0.2) is 0 Å². The van der Waals surface area contributed by atoms with Crippen LogP contribution in [0.1, 0.15) is 23.2 Å². The molecule has 1 saturated heterocycles. The summed E-state index contributed by atoms with van der Waals surface area (Å²) in [7, 11) is 0. The Hall–Kier alpha value is -2.00. The molecule has 22 heavy (non-hydrogen) atoms. The van der Waals surface area contributed by atoms with Gasteiger partial charge >= 0.3 is 0 Å². The van der Waals surface area contributed by atoms with Crippen LogP contribution in [0.25, 0.3) is 0 Å². The minimum Gasteiger partial charge on any atom is -0.490 e. The van der Waals surface area contributed by atoms with Gasteiger partial charge in [-0.05, 0) is 42.5 Å². The highest BCUT2D eigenvalue weighted by atomic mass is 35.5. The first-order valence-electron chi connectivity index (χ1n) is 7.40. The van der Waals surface area contributed by atoms with E-state index in [1.165, 1.54) is 0 Å². The van der Waals surface area contributed by atoms with Crippen LogP contribution >= 0.6 is 11.6 Å². The van der Waals surface area contributed by atoms with Gasteiger partial charge in [0.2, 0.25) is 0 Å². The van der Waals surface area contributed by atoms with Crippen molar-refractivity contribution < 1.29 is 9.53 Å². The molecule has 3 nitrogen and oxygen atoms in total. The fraction of sp³-hybridized carbons (Fsp3) is 0.278. The number of amides is 1. The quantitative estimate of drug-likeness (QED) is 0.862. The third-order valence-electron chi connectivity index (χ3n) is 3.81. The molecular weight excluding hydrogens is 298 g/mol.